The number of carbonyl (C=O) groups is 1. The maximum absolute atomic E-state index is 13.2. The Morgan fingerprint density at radius 2 is 2.09 bits per heavy atom. The average molecular weight is 455 g/mol. The summed E-state index contributed by atoms with van der Waals surface area (Å²) in [5.74, 6) is 0.442. The van der Waals surface area contributed by atoms with Gasteiger partial charge in [0.25, 0.3) is 5.91 Å². The lowest BCUT2D eigenvalue weighted by atomic mass is 9.85. The molecule has 1 aliphatic heterocycles. The minimum absolute atomic E-state index is 0.0516. The number of nitrogens with one attached hydrogen (secondary N) is 1. The van der Waals surface area contributed by atoms with Crippen molar-refractivity contribution in [2.45, 2.75) is 31.4 Å². The fourth-order valence-electron chi connectivity index (χ4n) is 3.55. The highest BCUT2D eigenvalue weighted by Crippen LogP contribution is 2.35. The van der Waals surface area contributed by atoms with Gasteiger partial charge in [0.1, 0.15) is 18.5 Å². The Morgan fingerprint density at radius 3 is 2.79 bits per heavy atom. The van der Waals surface area contributed by atoms with Crippen LogP contribution in [-0.2, 0) is 16.0 Å². The third-order valence-electron chi connectivity index (χ3n) is 5.31. The van der Waals surface area contributed by atoms with Crippen LogP contribution < -0.4 is 10.1 Å². The molecule has 174 valence electrons. The lowest BCUT2D eigenvalue weighted by molar-refractivity contribution is -0.128. The molecule has 1 heterocycles. The molecule has 0 saturated heterocycles. The van der Waals surface area contributed by atoms with E-state index in [1.54, 1.807) is 55.5 Å². The average Bonchev–Trinajstić information content (AvgIpc) is 3.16. The van der Waals surface area contributed by atoms with E-state index in [0.29, 0.717) is 35.6 Å². The van der Waals surface area contributed by atoms with Crippen LogP contribution in [0.2, 0.25) is 0 Å². The van der Waals surface area contributed by atoms with Crippen molar-refractivity contribution in [2.75, 3.05) is 26.4 Å². The third kappa shape index (κ3) is 5.60. The molecule has 9 nitrogen and oxygen atoms in total. The van der Waals surface area contributed by atoms with Gasteiger partial charge in [-0.3, -0.25) is 4.79 Å². The summed E-state index contributed by atoms with van der Waals surface area (Å²) in [4.78, 5) is 20.7. The van der Waals surface area contributed by atoms with Crippen molar-refractivity contribution < 1.29 is 23.8 Å². The number of aliphatic hydroxyl groups is 1. The van der Waals surface area contributed by atoms with E-state index < -0.39 is 24.2 Å². The Morgan fingerprint density at radius 1 is 1.33 bits per heavy atom. The fraction of sp³-hybridized carbons (Fsp3) is 0.391. The molecule has 0 saturated carbocycles. The molecule has 0 unspecified atom stereocenters. The first kappa shape index (κ1) is 24.0. The zero-order chi connectivity index (χ0) is 23.7. The first-order valence-corrected chi connectivity index (χ1v) is 10.6. The van der Waals surface area contributed by atoms with Crippen molar-refractivity contribution in [1.82, 2.24) is 5.32 Å². The summed E-state index contributed by atoms with van der Waals surface area (Å²) in [5, 5.41) is 15.2. The molecule has 2 N–H and O–H groups in total. The van der Waals surface area contributed by atoms with Crippen molar-refractivity contribution in [3.05, 3.63) is 70.1 Å². The highest BCUT2D eigenvalue weighted by molar-refractivity contribution is 6.01. The minimum Gasteiger partial charge on any atom is -0.494 e. The molecule has 2 atom stereocenters. The first-order chi connectivity index (χ1) is 16.0. The number of azide groups is 1. The third-order valence-corrected chi connectivity index (χ3v) is 5.31. The van der Waals surface area contributed by atoms with E-state index in [4.69, 9.17) is 20.1 Å². The van der Waals surface area contributed by atoms with Crippen molar-refractivity contribution >= 4 is 17.5 Å². The van der Waals surface area contributed by atoms with Crippen LogP contribution in [0.5, 0.6) is 5.75 Å². The Balaban J connectivity index is 1.94. The normalized spacial score (nSPS) is 19.2. The monoisotopic (exact) mass is 455 g/mol. The van der Waals surface area contributed by atoms with Gasteiger partial charge in [0.05, 0.1) is 6.61 Å². The molecule has 0 aliphatic carbocycles. The van der Waals surface area contributed by atoms with Gasteiger partial charge in [0, 0.05) is 42.2 Å². The van der Waals surface area contributed by atoms with Gasteiger partial charge in [-0.25, -0.2) is 9.38 Å². The minimum atomic E-state index is -1.37. The van der Waals surface area contributed by atoms with Crippen molar-refractivity contribution in [1.29, 1.82) is 0 Å². The molecule has 1 aliphatic rings. The number of aliphatic hydroxyl groups excluding tert-OH is 1. The maximum atomic E-state index is 13.2. The Kier molecular flexibility index (Phi) is 8.23. The van der Waals surface area contributed by atoms with Crippen LogP contribution in [0.4, 0.5) is 10.1 Å². The summed E-state index contributed by atoms with van der Waals surface area (Å²) in [6.45, 7) is 1.33. The van der Waals surface area contributed by atoms with Gasteiger partial charge in [-0.05, 0) is 42.3 Å². The molecule has 0 aromatic heterocycles. The summed E-state index contributed by atoms with van der Waals surface area (Å²) in [7, 11) is 0. The largest absolute Gasteiger partial charge is 0.494 e. The maximum Gasteiger partial charge on any atom is 0.252 e. The van der Waals surface area contributed by atoms with Crippen LogP contribution >= 0.6 is 0 Å². The summed E-state index contributed by atoms with van der Waals surface area (Å²) < 4.78 is 24.3. The number of alkyl halides is 1. The van der Waals surface area contributed by atoms with Crippen molar-refractivity contribution in [3.63, 3.8) is 0 Å². The fourth-order valence-corrected chi connectivity index (χ4v) is 3.55. The first-order valence-electron chi connectivity index (χ1n) is 10.6. The number of benzene rings is 2. The Hall–Kier alpha value is -3.62. The van der Waals surface area contributed by atoms with E-state index in [1.807, 2.05) is 0 Å². The number of carbonyl (C=O) groups excluding carboxylic acids is 1. The Labute approximate surface area is 190 Å². The molecule has 0 radical (unpaired) electrons. The second-order valence-corrected chi connectivity index (χ2v) is 7.49. The number of amides is 1. The van der Waals surface area contributed by atoms with Crippen LogP contribution in [0.25, 0.3) is 10.4 Å². The number of nitrogens with zero attached hydrogens (tertiary/aromatic N) is 4. The van der Waals surface area contributed by atoms with Crippen LogP contribution in [0.3, 0.4) is 0 Å². The summed E-state index contributed by atoms with van der Waals surface area (Å²) in [5.41, 5.74) is 9.18. The van der Waals surface area contributed by atoms with Crippen LogP contribution in [-0.4, -0.2) is 55.0 Å². The van der Waals surface area contributed by atoms with E-state index in [1.165, 1.54) is 0 Å². The van der Waals surface area contributed by atoms with Crippen molar-refractivity contribution in [2.24, 2.45) is 10.1 Å². The van der Waals surface area contributed by atoms with E-state index in [2.05, 4.69) is 20.3 Å². The topological polar surface area (TPSA) is 129 Å². The molecule has 0 bridgehead atoms. The molecule has 2 aromatic rings. The van der Waals surface area contributed by atoms with Gasteiger partial charge >= 0.3 is 0 Å². The van der Waals surface area contributed by atoms with Gasteiger partial charge in [-0.1, -0.05) is 29.4 Å². The van der Waals surface area contributed by atoms with Gasteiger partial charge in [0.15, 0.2) is 5.54 Å². The Bertz CT molecular complexity index is 1040. The number of aliphatic imine (C=N–C) groups is 1. The molecular formula is C23H26FN5O4. The summed E-state index contributed by atoms with van der Waals surface area (Å²) in [6.07, 6.45) is -0.0253. The molecule has 10 heteroatoms. The highest BCUT2D eigenvalue weighted by atomic mass is 19.1. The van der Waals surface area contributed by atoms with Gasteiger partial charge in [0.2, 0.25) is 5.90 Å². The van der Waals surface area contributed by atoms with Gasteiger partial charge < -0.3 is 19.9 Å². The number of halogens is 1. The van der Waals surface area contributed by atoms with E-state index in [-0.39, 0.29) is 25.5 Å². The molecule has 0 fully saturated rings. The summed E-state index contributed by atoms with van der Waals surface area (Å²) in [6, 6.07) is 14.0. The van der Waals surface area contributed by atoms with E-state index >= 15 is 0 Å². The number of ether oxygens (including phenoxy) is 2. The predicted octanol–water partition coefficient (Wildman–Crippen LogP) is 3.62. The summed E-state index contributed by atoms with van der Waals surface area (Å²) >= 11 is 0. The number of rotatable bonds is 11. The SMILES string of the molecule is C[C@H]1OC(c2ccc(OCCCO)cc2)=N[C@@]1(Cc1ccccc1N=[N+]=[N-])C(=O)NCCF. The van der Waals surface area contributed by atoms with Crippen LogP contribution in [0.15, 0.2) is 58.6 Å². The standard InChI is InChI=1S/C23H26FN5O4/c1-16-23(22(31)26-12-11-24,15-18-5-2-3-6-20(18)28-29-25)27-21(33-16)17-7-9-19(10-8-17)32-14-4-13-30/h2-3,5-10,16,30H,4,11-15H2,1H3,(H,26,31)/t16-,23-/m1/s1. The highest BCUT2D eigenvalue weighted by Gasteiger charge is 2.50. The van der Waals surface area contributed by atoms with Crippen LogP contribution in [0.1, 0.15) is 24.5 Å². The molecule has 3 rings (SSSR count). The second kappa shape index (κ2) is 11.3. The molecule has 1 amide bonds. The molecule has 33 heavy (non-hydrogen) atoms. The zero-order valence-electron chi connectivity index (χ0n) is 18.3. The number of hydrogen-bond acceptors (Lipinski definition) is 6. The van der Waals surface area contributed by atoms with Crippen LogP contribution in [0, 0.1) is 0 Å². The molecular weight excluding hydrogens is 429 g/mol. The van der Waals surface area contributed by atoms with Gasteiger partial charge in [-0.2, -0.15) is 0 Å². The number of hydrogen-bond donors (Lipinski definition) is 2. The predicted molar refractivity (Wildman–Crippen MR) is 121 cm³/mol. The lowest BCUT2D eigenvalue weighted by Crippen LogP contribution is -2.52. The lowest BCUT2D eigenvalue weighted by Gasteiger charge is -2.28. The van der Waals surface area contributed by atoms with E-state index in [9.17, 15) is 9.18 Å². The smallest absolute Gasteiger partial charge is 0.252 e. The second-order valence-electron chi connectivity index (χ2n) is 7.49. The zero-order valence-corrected chi connectivity index (χ0v) is 18.3. The molecule has 2 aromatic carbocycles. The van der Waals surface area contributed by atoms with Gasteiger partial charge in [-0.15, -0.1) is 0 Å². The molecule has 0 spiro atoms. The quantitative estimate of drug-likeness (QED) is 0.232. The van der Waals surface area contributed by atoms with E-state index in [0.717, 1.165) is 0 Å². The van der Waals surface area contributed by atoms with Crippen molar-refractivity contribution in [3.8, 4) is 5.75 Å².